The van der Waals surface area contributed by atoms with Crippen LogP contribution in [0.25, 0.3) is 0 Å². The third-order valence-electron chi connectivity index (χ3n) is 2.46. The highest BCUT2D eigenvalue weighted by molar-refractivity contribution is 5.87. The Bertz CT molecular complexity index is 321. The van der Waals surface area contributed by atoms with Gasteiger partial charge in [-0.2, -0.15) is 0 Å². The monoisotopic (exact) mass is 253 g/mol. The minimum absolute atomic E-state index is 0.0658. The Labute approximate surface area is 109 Å². The van der Waals surface area contributed by atoms with Crippen molar-refractivity contribution in [1.29, 1.82) is 0 Å². The van der Waals surface area contributed by atoms with Crippen molar-refractivity contribution < 1.29 is 14.3 Å². The molecule has 0 aromatic carbocycles. The van der Waals surface area contributed by atoms with Crippen molar-refractivity contribution in [3.63, 3.8) is 0 Å². The van der Waals surface area contributed by atoms with Gasteiger partial charge < -0.3 is 9.64 Å². The summed E-state index contributed by atoms with van der Waals surface area (Å²) in [6.45, 7) is 13.5. The van der Waals surface area contributed by atoms with Crippen LogP contribution in [0.1, 0.15) is 33.6 Å². The molecule has 0 aliphatic rings. The predicted molar refractivity (Wildman–Crippen MR) is 72.1 cm³/mol. The Morgan fingerprint density at radius 2 is 1.94 bits per heavy atom. The lowest BCUT2D eigenvalue weighted by atomic mass is 10.2. The van der Waals surface area contributed by atoms with Crippen molar-refractivity contribution in [2.45, 2.75) is 39.7 Å². The van der Waals surface area contributed by atoms with E-state index in [1.165, 1.54) is 6.08 Å². The lowest BCUT2D eigenvalue weighted by Crippen LogP contribution is -2.36. The zero-order chi connectivity index (χ0) is 14.1. The number of amides is 1. The molecular weight excluding hydrogens is 230 g/mol. The maximum absolute atomic E-state index is 11.5. The van der Waals surface area contributed by atoms with Gasteiger partial charge in [0.2, 0.25) is 5.91 Å². The van der Waals surface area contributed by atoms with E-state index in [0.29, 0.717) is 18.7 Å². The van der Waals surface area contributed by atoms with Crippen molar-refractivity contribution in [2.75, 3.05) is 13.2 Å². The van der Waals surface area contributed by atoms with E-state index >= 15 is 0 Å². The second-order valence-electron chi connectivity index (χ2n) is 4.45. The summed E-state index contributed by atoms with van der Waals surface area (Å²) in [5.74, 6) is -0.429. The molecule has 4 heteroatoms. The molecule has 0 aliphatic carbocycles. The summed E-state index contributed by atoms with van der Waals surface area (Å²) < 4.78 is 4.97. The van der Waals surface area contributed by atoms with Gasteiger partial charge in [-0.05, 0) is 39.7 Å². The third kappa shape index (κ3) is 6.23. The van der Waals surface area contributed by atoms with Gasteiger partial charge in [0.15, 0.2) is 0 Å². The molecule has 0 aliphatic heterocycles. The van der Waals surface area contributed by atoms with Crippen LogP contribution in [0.4, 0.5) is 0 Å². The third-order valence-corrected chi connectivity index (χ3v) is 2.46. The quantitative estimate of drug-likeness (QED) is 0.379. The zero-order valence-electron chi connectivity index (χ0n) is 11.6. The van der Waals surface area contributed by atoms with Crippen LogP contribution in [0, 0.1) is 0 Å². The molecule has 0 aromatic rings. The molecule has 0 saturated heterocycles. The van der Waals surface area contributed by atoms with E-state index in [0.717, 1.165) is 12.8 Å². The maximum atomic E-state index is 11.5. The van der Waals surface area contributed by atoms with Crippen molar-refractivity contribution in [3.05, 3.63) is 24.8 Å². The summed E-state index contributed by atoms with van der Waals surface area (Å²) in [4.78, 5) is 24.4. The molecule has 1 amide bonds. The van der Waals surface area contributed by atoms with E-state index in [9.17, 15) is 9.59 Å². The Kier molecular flexibility index (Phi) is 7.76. The van der Waals surface area contributed by atoms with Crippen LogP contribution in [0.5, 0.6) is 0 Å². The molecule has 4 nitrogen and oxygen atoms in total. The van der Waals surface area contributed by atoms with Gasteiger partial charge >= 0.3 is 5.97 Å². The normalized spacial score (nSPS) is 10.0. The number of nitrogens with zero attached hydrogens (tertiary/aromatic N) is 1. The van der Waals surface area contributed by atoms with Crippen LogP contribution >= 0.6 is 0 Å². The van der Waals surface area contributed by atoms with Crippen LogP contribution in [-0.2, 0) is 14.3 Å². The fourth-order valence-electron chi connectivity index (χ4n) is 1.41. The number of hydrogen-bond acceptors (Lipinski definition) is 3. The van der Waals surface area contributed by atoms with Crippen molar-refractivity contribution >= 4 is 11.9 Å². The number of carbonyl (C=O) groups excluding carboxylic acids is 2. The van der Waals surface area contributed by atoms with E-state index in [-0.39, 0.29) is 17.9 Å². The summed E-state index contributed by atoms with van der Waals surface area (Å²) >= 11 is 0. The highest BCUT2D eigenvalue weighted by atomic mass is 16.5. The van der Waals surface area contributed by atoms with Gasteiger partial charge in [-0.1, -0.05) is 13.2 Å². The number of rotatable bonds is 8. The molecule has 0 spiro atoms. The van der Waals surface area contributed by atoms with Gasteiger partial charge in [0, 0.05) is 18.2 Å². The highest BCUT2D eigenvalue weighted by Gasteiger charge is 2.13. The molecule has 0 rings (SSSR count). The van der Waals surface area contributed by atoms with Crippen LogP contribution in [0.15, 0.2) is 24.8 Å². The van der Waals surface area contributed by atoms with Gasteiger partial charge in [-0.15, -0.1) is 0 Å². The lowest BCUT2D eigenvalue weighted by Gasteiger charge is -2.25. The second-order valence-corrected chi connectivity index (χ2v) is 4.45. The first-order valence-corrected chi connectivity index (χ1v) is 6.15. The molecule has 0 saturated carbocycles. The second kappa shape index (κ2) is 8.50. The summed E-state index contributed by atoms with van der Waals surface area (Å²) in [6.07, 6.45) is 2.84. The Balaban J connectivity index is 3.88. The van der Waals surface area contributed by atoms with Crippen molar-refractivity contribution in [1.82, 2.24) is 4.90 Å². The van der Waals surface area contributed by atoms with E-state index in [1.807, 2.05) is 13.8 Å². The molecule has 0 heterocycles. The van der Waals surface area contributed by atoms with E-state index < -0.39 is 0 Å². The fourth-order valence-corrected chi connectivity index (χ4v) is 1.41. The molecule has 18 heavy (non-hydrogen) atoms. The smallest absolute Gasteiger partial charge is 0.333 e. The number of unbranched alkanes of at least 4 members (excludes halogenated alkanes) is 1. The molecule has 0 aromatic heterocycles. The summed E-state index contributed by atoms with van der Waals surface area (Å²) in [6, 6.07) is 0.147. The van der Waals surface area contributed by atoms with Gasteiger partial charge in [0.05, 0.1) is 6.61 Å². The largest absolute Gasteiger partial charge is 0.462 e. The predicted octanol–water partition coefficient (Wildman–Crippen LogP) is 2.31. The Morgan fingerprint density at radius 1 is 1.33 bits per heavy atom. The number of esters is 1. The first-order valence-electron chi connectivity index (χ1n) is 6.15. The highest BCUT2D eigenvalue weighted by Crippen LogP contribution is 2.04. The topological polar surface area (TPSA) is 46.6 Å². The van der Waals surface area contributed by atoms with Crippen LogP contribution in [-0.4, -0.2) is 36.0 Å². The lowest BCUT2D eigenvalue weighted by molar-refractivity contribution is -0.139. The van der Waals surface area contributed by atoms with Crippen LogP contribution < -0.4 is 0 Å². The molecule has 102 valence electrons. The zero-order valence-corrected chi connectivity index (χ0v) is 11.6. The number of ether oxygens (including phenoxy) is 1. The Hall–Kier alpha value is -1.58. The van der Waals surface area contributed by atoms with Crippen molar-refractivity contribution in [3.8, 4) is 0 Å². The summed E-state index contributed by atoms with van der Waals surface area (Å²) in [7, 11) is 0. The molecular formula is C14H23NO3. The SMILES string of the molecule is C=CC(=O)N(CCCCOC(=O)C(=C)C)C(C)C. The van der Waals surface area contributed by atoms with Crippen LogP contribution in [0.3, 0.4) is 0 Å². The van der Waals surface area contributed by atoms with Crippen LogP contribution in [0.2, 0.25) is 0 Å². The molecule has 0 bridgehead atoms. The maximum Gasteiger partial charge on any atom is 0.333 e. The van der Waals surface area contributed by atoms with E-state index in [2.05, 4.69) is 13.2 Å². The minimum atomic E-state index is -0.363. The molecule has 0 N–H and O–H groups in total. The fraction of sp³-hybridized carbons (Fsp3) is 0.571. The Morgan fingerprint density at radius 3 is 2.39 bits per heavy atom. The summed E-state index contributed by atoms with van der Waals surface area (Å²) in [5, 5.41) is 0. The average Bonchev–Trinajstić information content (AvgIpc) is 2.31. The molecule has 0 unspecified atom stereocenters. The first kappa shape index (κ1) is 16.4. The summed E-state index contributed by atoms with van der Waals surface area (Å²) in [5.41, 5.74) is 0.403. The number of hydrogen-bond donors (Lipinski definition) is 0. The average molecular weight is 253 g/mol. The van der Waals surface area contributed by atoms with Crippen molar-refractivity contribution in [2.24, 2.45) is 0 Å². The first-order chi connectivity index (χ1) is 8.40. The van der Waals surface area contributed by atoms with Gasteiger partial charge in [0.25, 0.3) is 0 Å². The van der Waals surface area contributed by atoms with E-state index in [4.69, 9.17) is 4.74 Å². The number of carbonyl (C=O) groups is 2. The molecule has 0 fully saturated rings. The van der Waals surface area contributed by atoms with Gasteiger partial charge in [0.1, 0.15) is 0 Å². The van der Waals surface area contributed by atoms with E-state index in [1.54, 1.807) is 11.8 Å². The molecule has 0 atom stereocenters. The minimum Gasteiger partial charge on any atom is -0.462 e. The van der Waals surface area contributed by atoms with Gasteiger partial charge in [-0.3, -0.25) is 4.79 Å². The van der Waals surface area contributed by atoms with Gasteiger partial charge in [-0.25, -0.2) is 4.79 Å². The molecule has 0 radical (unpaired) electrons. The standard InChI is InChI=1S/C14H23NO3/c1-6-13(16)15(12(4)5)9-7-8-10-18-14(17)11(2)3/h6,12H,1-2,7-10H2,3-5H3.